The van der Waals surface area contributed by atoms with Crippen LogP contribution >= 0.6 is 23.1 Å². The van der Waals surface area contributed by atoms with Crippen molar-refractivity contribution >= 4 is 35.4 Å². The molecule has 0 saturated heterocycles. The lowest BCUT2D eigenvalue weighted by atomic mass is 10.1. The third-order valence-corrected chi connectivity index (χ3v) is 6.48. The Kier molecular flexibility index (Phi) is 7.48. The molecule has 0 aliphatic carbocycles. The molecule has 0 aliphatic rings. The molecule has 6 nitrogen and oxygen atoms in total. The Hall–Kier alpha value is -2.84. The molecule has 3 aromatic rings. The third kappa shape index (κ3) is 5.01. The molecule has 0 aliphatic heterocycles. The lowest BCUT2D eigenvalue weighted by Gasteiger charge is -2.06. The third-order valence-electron chi connectivity index (χ3n) is 4.19. The van der Waals surface area contributed by atoms with Crippen LogP contribution in [0.25, 0.3) is 21.7 Å². The number of esters is 1. The highest BCUT2D eigenvalue weighted by Crippen LogP contribution is 2.42. The van der Waals surface area contributed by atoms with Gasteiger partial charge < -0.3 is 19.0 Å². The SMILES string of the molecule is CCOC(=O)C(C=O)Sc1nc(-c2ccc(OC)cc2)c(-c2ccc(OC)cc2)s1. The fourth-order valence-electron chi connectivity index (χ4n) is 2.70. The number of aldehydes is 1. The summed E-state index contributed by atoms with van der Waals surface area (Å²) < 4.78 is 16.1. The number of hydrogen-bond acceptors (Lipinski definition) is 8. The molecule has 8 heteroatoms. The predicted octanol–water partition coefficient (Wildman–Crippen LogP) is 4.72. The maximum atomic E-state index is 12.0. The van der Waals surface area contributed by atoms with Gasteiger partial charge in [-0.3, -0.25) is 4.79 Å². The molecule has 0 fully saturated rings. The van der Waals surface area contributed by atoms with Crippen LogP contribution in [0.5, 0.6) is 11.5 Å². The zero-order valence-electron chi connectivity index (χ0n) is 16.8. The van der Waals surface area contributed by atoms with Crippen molar-refractivity contribution in [2.24, 2.45) is 0 Å². The summed E-state index contributed by atoms with van der Waals surface area (Å²) in [5, 5.41) is -0.955. The van der Waals surface area contributed by atoms with Crippen molar-refractivity contribution < 1.29 is 23.8 Å². The van der Waals surface area contributed by atoms with Crippen LogP contribution in [-0.4, -0.2) is 43.3 Å². The van der Waals surface area contributed by atoms with Crippen molar-refractivity contribution in [2.75, 3.05) is 20.8 Å². The topological polar surface area (TPSA) is 74.7 Å². The Morgan fingerprint density at radius 3 is 2.10 bits per heavy atom. The molecular weight excluding hydrogens is 422 g/mol. The number of thioether (sulfide) groups is 1. The number of methoxy groups -OCH3 is 2. The summed E-state index contributed by atoms with van der Waals surface area (Å²) >= 11 is 2.52. The van der Waals surface area contributed by atoms with E-state index in [2.05, 4.69) is 0 Å². The van der Waals surface area contributed by atoms with E-state index in [-0.39, 0.29) is 6.61 Å². The first kappa shape index (κ1) is 21.9. The van der Waals surface area contributed by atoms with Gasteiger partial charge in [0.25, 0.3) is 0 Å². The molecule has 0 saturated carbocycles. The Morgan fingerprint density at radius 1 is 1.03 bits per heavy atom. The number of hydrogen-bond donors (Lipinski definition) is 0. The summed E-state index contributed by atoms with van der Waals surface area (Å²) in [6, 6.07) is 15.3. The number of rotatable bonds is 9. The van der Waals surface area contributed by atoms with E-state index >= 15 is 0 Å². The molecule has 1 atom stereocenters. The number of carbonyl (C=O) groups is 2. The van der Waals surface area contributed by atoms with E-state index in [4.69, 9.17) is 19.2 Å². The highest BCUT2D eigenvalue weighted by Gasteiger charge is 2.24. The maximum Gasteiger partial charge on any atom is 0.326 e. The highest BCUT2D eigenvalue weighted by molar-refractivity contribution is 8.02. The summed E-state index contributed by atoms with van der Waals surface area (Å²) in [6.45, 7) is 1.92. The van der Waals surface area contributed by atoms with Gasteiger partial charge in [0.2, 0.25) is 0 Å². The molecule has 0 spiro atoms. The molecule has 0 bridgehead atoms. The zero-order valence-corrected chi connectivity index (χ0v) is 18.4. The van der Waals surface area contributed by atoms with Crippen LogP contribution in [0.1, 0.15) is 6.92 Å². The molecule has 1 aromatic heterocycles. The van der Waals surface area contributed by atoms with Gasteiger partial charge in [0.1, 0.15) is 17.8 Å². The van der Waals surface area contributed by atoms with Crippen LogP contribution in [0.2, 0.25) is 0 Å². The van der Waals surface area contributed by atoms with Crippen LogP contribution in [0, 0.1) is 0 Å². The van der Waals surface area contributed by atoms with Crippen LogP contribution in [0.3, 0.4) is 0 Å². The fourth-order valence-corrected chi connectivity index (χ4v) is 4.86. The van der Waals surface area contributed by atoms with Gasteiger partial charge >= 0.3 is 5.97 Å². The van der Waals surface area contributed by atoms with Gasteiger partial charge in [-0.15, -0.1) is 11.3 Å². The first-order valence-electron chi connectivity index (χ1n) is 9.17. The lowest BCUT2D eigenvalue weighted by molar-refractivity contribution is -0.143. The number of nitrogens with zero attached hydrogens (tertiary/aromatic N) is 1. The van der Waals surface area contributed by atoms with Crippen molar-refractivity contribution in [3.05, 3.63) is 48.5 Å². The largest absolute Gasteiger partial charge is 0.497 e. The van der Waals surface area contributed by atoms with Gasteiger partial charge in [-0.05, 0) is 61.0 Å². The first-order chi connectivity index (χ1) is 14.6. The van der Waals surface area contributed by atoms with E-state index < -0.39 is 11.2 Å². The van der Waals surface area contributed by atoms with Crippen molar-refractivity contribution in [1.82, 2.24) is 4.98 Å². The quantitative estimate of drug-likeness (QED) is 0.205. The number of aromatic nitrogens is 1. The van der Waals surface area contributed by atoms with E-state index in [9.17, 15) is 9.59 Å². The van der Waals surface area contributed by atoms with Gasteiger partial charge in [-0.2, -0.15) is 0 Å². The van der Waals surface area contributed by atoms with E-state index in [1.807, 2.05) is 48.5 Å². The van der Waals surface area contributed by atoms with Crippen LogP contribution < -0.4 is 9.47 Å². The minimum atomic E-state index is -0.955. The second kappa shape index (κ2) is 10.3. The number of ether oxygens (including phenoxy) is 3. The number of benzene rings is 2. The van der Waals surface area contributed by atoms with Gasteiger partial charge in [0, 0.05) is 5.56 Å². The van der Waals surface area contributed by atoms with E-state index in [1.165, 1.54) is 11.3 Å². The highest BCUT2D eigenvalue weighted by atomic mass is 32.2. The Balaban J connectivity index is 2.01. The molecule has 0 radical (unpaired) electrons. The van der Waals surface area contributed by atoms with Crippen LogP contribution in [0.15, 0.2) is 52.9 Å². The minimum absolute atomic E-state index is 0.218. The molecule has 0 N–H and O–H groups in total. The van der Waals surface area contributed by atoms with Gasteiger partial charge in [-0.1, -0.05) is 11.8 Å². The summed E-state index contributed by atoms with van der Waals surface area (Å²) in [4.78, 5) is 29.1. The normalized spacial score (nSPS) is 11.6. The van der Waals surface area contributed by atoms with Crippen molar-refractivity contribution in [1.29, 1.82) is 0 Å². The maximum absolute atomic E-state index is 12.0. The molecule has 1 heterocycles. The van der Waals surface area contributed by atoms with E-state index in [1.54, 1.807) is 21.1 Å². The van der Waals surface area contributed by atoms with Gasteiger partial charge in [0.05, 0.1) is 31.4 Å². The predicted molar refractivity (Wildman–Crippen MR) is 118 cm³/mol. The standard InChI is InChI=1S/C22H21NO5S2/c1-4-28-21(25)18(13-24)29-22-23-19(14-5-9-16(26-2)10-6-14)20(30-22)15-7-11-17(27-3)12-8-15/h5-13,18H,4H2,1-3H3. The van der Waals surface area contributed by atoms with Crippen molar-refractivity contribution in [3.8, 4) is 33.2 Å². The number of carbonyl (C=O) groups excluding carboxylic acids is 2. The molecule has 30 heavy (non-hydrogen) atoms. The summed E-state index contributed by atoms with van der Waals surface area (Å²) in [6.07, 6.45) is 0.587. The molecule has 156 valence electrons. The van der Waals surface area contributed by atoms with Gasteiger partial charge in [0.15, 0.2) is 9.59 Å². The molecule has 1 unspecified atom stereocenters. The summed E-state index contributed by atoms with van der Waals surface area (Å²) in [5.74, 6) is 0.940. The second-order valence-electron chi connectivity index (χ2n) is 6.04. The molecule has 0 amide bonds. The van der Waals surface area contributed by atoms with Crippen LogP contribution in [0.4, 0.5) is 0 Å². The summed E-state index contributed by atoms with van der Waals surface area (Å²) in [5.41, 5.74) is 2.64. The zero-order chi connectivity index (χ0) is 21.5. The molecule has 3 rings (SSSR count). The average molecular weight is 444 g/mol. The minimum Gasteiger partial charge on any atom is -0.497 e. The lowest BCUT2D eigenvalue weighted by Crippen LogP contribution is -2.21. The van der Waals surface area contributed by atoms with E-state index in [0.717, 1.165) is 45.0 Å². The number of thiazole rings is 1. The second-order valence-corrected chi connectivity index (χ2v) is 8.43. The van der Waals surface area contributed by atoms with E-state index in [0.29, 0.717) is 10.6 Å². The van der Waals surface area contributed by atoms with Gasteiger partial charge in [-0.25, -0.2) is 4.98 Å². The molecular formula is C22H21NO5S2. The first-order valence-corrected chi connectivity index (χ1v) is 10.9. The molecule has 2 aromatic carbocycles. The van der Waals surface area contributed by atoms with Crippen LogP contribution in [-0.2, 0) is 14.3 Å². The fraction of sp³-hybridized carbons (Fsp3) is 0.227. The Morgan fingerprint density at radius 2 is 1.60 bits per heavy atom. The van der Waals surface area contributed by atoms with Crippen molar-refractivity contribution in [2.45, 2.75) is 16.5 Å². The Bertz CT molecular complexity index is 934. The smallest absolute Gasteiger partial charge is 0.326 e. The Labute approximate surface area is 183 Å². The monoisotopic (exact) mass is 443 g/mol. The van der Waals surface area contributed by atoms with Crippen molar-refractivity contribution in [3.63, 3.8) is 0 Å². The average Bonchev–Trinajstić information content (AvgIpc) is 3.21. The summed E-state index contributed by atoms with van der Waals surface area (Å²) in [7, 11) is 3.23.